The number of aromatic nitrogens is 2. The second-order valence-electron chi connectivity index (χ2n) is 4.88. The van der Waals surface area contributed by atoms with Crippen LogP contribution in [0.3, 0.4) is 0 Å². The number of nitrogens with zero attached hydrogens (tertiary/aromatic N) is 2. The van der Waals surface area contributed by atoms with E-state index in [1.54, 1.807) is 0 Å². The Morgan fingerprint density at radius 1 is 1.29 bits per heavy atom. The summed E-state index contributed by atoms with van der Waals surface area (Å²) in [7, 11) is 0. The SMILES string of the molecule is Cc1cn(C2CC2C)c(Nc2ccccc2)n1. The third-order valence-electron chi connectivity index (χ3n) is 3.31. The first-order valence-corrected chi connectivity index (χ1v) is 6.11. The molecule has 0 aliphatic heterocycles. The largest absolute Gasteiger partial charge is 0.326 e. The van der Waals surface area contributed by atoms with Gasteiger partial charge < -0.3 is 9.88 Å². The average molecular weight is 227 g/mol. The molecule has 1 heterocycles. The topological polar surface area (TPSA) is 29.9 Å². The van der Waals surface area contributed by atoms with Crippen molar-refractivity contribution in [3.63, 3.8) is 0 Å². The normalized spacial score (nSPS) is 22.5. The van der Waals surface area contributed by atoms with E-state index in [-0.39, 0.29) is 0 Å². The lowest BCUT2D eigenvalue weighted by Gasteiger charge is -2.08. The summed E-state index contributed by atoms with van der Waals surface area (Å²) >= 11 is 0. The number of rotatable bonds is 3. The zero-order chi connectivity index (χ0) is 11.8. The van der Waals surface area contributed by atoms with Crippen molar-refractivity contribution in [2.75, 3.05) is 5.32 Å². The fourth-order valence-electron chi connectivity index (χ4n) is 2.20. The van der Waals surface area contributed by atoms with E-state index in [0.29, 0.717) is 6.04 Å². The molecule has 0 spiro atoms. The molecule has 1 aromatic heterocycles. The van der Waals surface area contributed by atoms with Crippen LogP contribution >= 0.6 is 0 Å². The van der Waals surface area contributed by atoms with Gasteiger partial charge in [-0.2, -0.15) is 0 Å². The Morgan fingerprint density at radius 2 is 2.00 bits per heavy atom. The Hall–Kier alpha value is -1.77. The lowest BCUT2D eigenvalue weighted by Crippen LogP contribution is -2.01. The maximum absolute atomic E-state index is 4.55. The quantitative estimate of drug-likeness (QED) is 0.869. The van der Waals surface area contributed by atoms with Crippen LogP contribution in [0, 0.1) is 12.8 Å². The van der Waals surface area contributed by atoms with Crippen molar-refractivity contribution < 1.29 is 0 Å². The number of benzene rings is 1. The average Bonchev–Trinajstić information content (AvgIpc) is 2.93. The van der Waals surface area contributed by atoms with Gasteiger partial charge >= 0.3 is 0 Å². The van der Waals surface area contributed by atoms with Crippen molar-refractivity contribution in [3.05, 3.63) is 42.2 Å². The van der Waals surface area contributed by atoms with Gasteiger partial charge in [-0.05, 0) is 31.4 Å². The number of imidazole rings is 1. The highest BCUT2D eigenvalue weighted by atomic mass is 15.2. The molecule has 1 N–H and O–H groups in total. The van der Waals surface area contributed by atoms with Crippen molar-refractivity contribution in [3.8, 4) is 0 Å². The Kier molecular flexibility index (Phi) is 2.39. The van der Waals surface area contributed by atoms with Gasteiger partial charge in [-0.1, -0.05) is 25.1 Å². The molecule has 1 saturated carbocycles. The molecule has 88 valence electrons. The van der Waals surface area contributed by atoms with Crippen LogP contribution in [-0.4, -0.2) is 9.55 Å². The Morgan fingerprint density at radius 3 is 2.65 bits per heavy atom. The van der Waals surface area contributed by atoms with Crippen LogP contribution in [0.2, 0.25) is 0 Å². The lowest BCUT2D eigenvalue weighted by atomic mass is 10.3. The standard InChI is InChI=1S/C14H17N3/c1-10-8-13(10)17-9-11(2)15-14(17)16-12-6-4-3-5-7-12/h3-7,9-10,13H,8H2,1-2H3,(H,15,16). The summed E-state index contributed by atoms with van der Waals surface area (Å²) in [6.07, 6.45) is 3.40. The lowest BCUT2D eigenvalue weighted by molar-refractivity contribution is 0.693. The third-order valence-corrected chi connectivity index (χ3v) is 3.31. The number of nitrogens with one attached hydrogen (secondary N) is 1. The maximum Gasteiger partial charge on any atom is 0.207 e. The molecule has 1 aliphatic rings. The van der Waals surface area contributed by atoms with Crippen molar-refractivity contribution >= 4 is 11.6 Å². The van der Waals surface area contributed by atoms with E-state index >= 15 is 0 Å². The highest BCUT2D eigenvalue weighted by Gasteiger charge is 2.35. The van der Waals surface area contributed by atoms with E-state index in [9.17, 15) is 0 Å². The van der Waals surface area contributed by atoms with E-state index in [1.807, 2.05) is 25.1 Å². The smallest absolute Gasteiger partial charge is 0.207 e. The number of anilines is 2. The number of aryl methyl sites for hydroxylation is 1. The minimum Gasteiger partial charge on any atom is -0.326 e. The molecule has 1 aromatic carbocycles. The zero-order valence-electron chi connectivity index (χ0n) is 10.2. The molecule has 2 aromatic rings. The van der Waals surface area contributed by atoms with Gasteiger partial charge in [0, 0.05) is 17.9 Å². The molecule has 3 heteroatoms. The van der Waals surface area contributed by atoms with Crippen molar-refractivity contribution in [1.29, 1.82) is 0 Å². The summed E-state index contributed by atoms with van der Waals surface area (Å²) in [5, 5.41) is 3.39. The molecule has 2 unspecified atom stereocenters. The van der Waals surface area contributed by atoms with Crippen LogP contribution in [0.1, 0.15) is 25.1 Å². The predicted molar refractivity (Wildman–Crippen MR) is 69.5 cm³/mol. The fraction of sp³-hybridized carbons (Fsp3) is 0.357. The molecule has 0 radical (unpaired) electrons. The number of para-hydroxylation sites is 1. The second kappa shape index (κ2) is 3.91. The molecular formula is C14H17N3. The Balaban J connectivity index is 1.87. The van der Waals surface area contributed by atoms with Gasteiger partial charge in [0.1, 0.15) is 0 Å². The van der Waals surface area contributed by atoms with E-state index in [4.69, 9.17) is 0 Å². The van der Waals surface area contributed by atoms with Crippen LogP contribution in [0.5, 0.6) is 0 Å². The fourth-order valence-corrected chi connectivity index (χ4v) is 2.20. The van der Waals surface area contributed by atoms with Gasteiger partial charge in [-0.3, -0.25) is 0 Å². The first kappa shape index (κ1) is 10.4. The molecule has 17 heavy (non-hydrogen) atoms. The summed E-state index contributed by atoms with van der Waals surface area (Å²) in [4.78, 5) is 4.55. The molecule has 1 fully saturated rings. The van der Waals surface area contributed by atoms with Crippen LogP contribution in [0.15, 0.2) is 36.5 Å². The summed E-state index contributed by atoms with van der Waals surface area (Å²) in [6.45, 7) is 4.33. The molecular weight excluding hydrogens is 210 g/mol. The van der Waals surface area contributed by atoms with Gasteiger partial charge in [0.05, 0.1) is 5.69 Å². The van der Waals surface area contributed by atoms with Crippen LogP contribution in [0.4, 0.5) is 11.6 Å². The molecule has 3 nitrogen and oxygen atoms in total. The summed E-state index contributed by atoms with van der Waals surface area (Å²) < 4.78 is 2.27. The van der Waals surface area contributed by atoms with E-state index < -0.39 is 0 Å². The van der Waals surface area contributed by atoms with E-state index in [2.05, 4.69) is 40.1 Å². The molecule has 0 saturated heterocycles. The molecule has 3 rings (SSSR count). The van der Waals surface area contributed by atoms with Gasteiger partial charge in [0.15, 0.2) is 0 Å². The zero-order valence-corrected chi connectivity index (χ0v) is 10.2. The minimum atomic E-state index is 0.627. The van der Waals surface area contributed by atoms with Crippen molar-refractivity contribution in [1.82, 2.24) is 9.55 Å². The van der Waals surface area contributed by atoms with Crippen molar-refractivity contribution in [2.24, 2.45) is 5.92 Å². The van der Waals surface area contributed by atoms with E-state index in [1.165, 1.54) is 6.42 Å². The van der Waals surface area contributed by atoms with Crippen LogP contribution in [-0.2, 0) is 0 Å². The Bertz CT molecular complexity index is 516. The Labute approximate surface area is 101 Å². The summed E-state index contributed by atoms with van der Waals surface area (Å²) in [5.74, 6) is 1.74. The highest BCUT2D eigenvalue weighted by molar-refractivity contribution is 5.53. The number of hydrogen-bond acceptors (Lipinski definition) is 2. The monoisotopic (exact) mass is 227 g/mol. The molecule has 0 bridgehead atoms. The second-order valence-corrected chi connectivity index (χ2v) is 4.88. The summed E-state index contributed by atoms with van der Waals surface area (Å²) in [6, 6.07) is 10.8. The van der Waals surface area contributed by atoms with Crippen molar-refractivity contribution in [2.45, 2.75) is 26.3 Å². The van der Waals surface area contributed by atoms with E-state index in [0.717, 1.165) is 23.2 Å². The highest BCUT2D eigenvalue weighted by Crippen LogP contribution is 2.44. The third kappa shape index (κ3) is 2.05. The molecule has 1 aliphatic carbocycles. The minimum absolute atomic E-state index is 0.627. The van der Waals surface area contributed by atoms with Gasteiger partial charge in [0.25, 0.3) is 0 Å². The number of hydrogen-bond donors (Lipinski definition) is 1. The van der Waals surface area contributed by atoms with Crippen LogP contribution < -0.4 is 5.32 Å². The maximum atomic E-state index is 4.55. The molecule has 0 amide bonds. The van der Waals surface area contributed by atoms with Gasteiger partial charge in [-0.15, -0.1) is 0 Å². The first-order valence-electron chi connectivity index (χ1n) is 6.11. The van der Waals surface area contributed by atoms with Gasteiger partial charge in [0.2, 0.25) is 5.95 Å². The molecule has 2 atom stereocenters. The van der Waals surface area contributed by atoms with Crippen LogP contribution in [0.25, 0.3) is 0 Å². The summed E-state index contributed by atoms with van der Waals surface area (Å²) in [5.41, 5.74) is 2.16. The van der Waals surface area contributed by atoms with Gasteiger partial charge in [-0.25, -0.2) is 4.98 Å². The first-order chi connectivity index (χ1) is 8.24. The predicted octanol–water partition coefficient (Wildman–Crippen LogP) is 3.52.